The van der Waals surface area contributed by atoms with E-state index < -0.39 is 23.7 Å². The molecule has 6 heteroatoms. The second-order valence-electron chi connectivity index (χ2n) is 1.37. The third kappa shape index (κ3) is 4.55. The second-order valence-corrected chi connectivity index (χ2v) is 1.81. The van der Waals surface area contributed by atoms with Crippen molar-refractivity contribution < 1.29 is 22.0 Å². The van der Waals surface area contributed by atoms with E-state index in [9.17, 15) is 22.0 Å². The molecule has 0 heterocycles. The number of allylic oxidation sites excluding steroid dienone is 2. The molecule has 0 aliphatic heterocycles. The minimum absolute atomic E-state index is 0.640. The van der Waals surface area contributed by atoms with Gasteiger partial charge in [0.1, 0.15) is 0 Å². The molecule has 0 N–H and O–H groups in total. The molecule has 0 fully saturated rings. The van der Waals surface area contributed by atoms with Gasteiger partial charge in [0.25, 0.3) is 6.43 Å². The highest BCUT2D eigenvalue weighted by Crippen LogP contribution is 2.23. The van der Waals surface area contributed by atoms with E-state index in [2.05, 4.69) is 11.6 Å². The average Bonchev–Trinajstić information content (AvgIpc) is 1.60. The average molecular weight is 181 g/mol. The lowest BCUT2D eigenvalue weighted by molar-refractivity contribution is -0.0810. The Balaban J connectivity index is 4.17. The minimum Gasteiger partial charge on any atom is -0.204 e. The zero-order chi connectivity index (χ0) is 8.36. The highest BCUT2D eigenvalue weighted by molar-refractivity contribution is 6.30. The molecule has 10 heavy (non-hydrogen) atoms. The molecule has 0 radical (unpaired) electrons. The first-order valence-corrected chi connectivity index (χ1v) is 2.44. The Kier molecular flexibility index (Phi) is 3.08. The quantitative estimate of drug-likeness (QED) is 0.545. The van der Waals surface area contributed by atoms with Gasteiger partial charge in [0, 0.05) is 6.08 Å². The molecule has 0 aliphatic carbocycles. The van der Waals surface area contributed by atoms with Gasteiger partial charge in [-0.2, -0.15) is 13.2 Å². The Labute approximate surface area is 58.3 Å². The summed E-state index contributed by atoms with van der Waals surface area (Å²) in [5.74, 6) is 0. The van der Waals surface area contributed by atoms with Crippen molar-refractivity contribution in [2.24, 2.45) is 0 Å². The Hall–Kier alpha value is -0.320. The van der Waals surface area contributed by atoms with Crippen LogP contribution in [0.15, 0.2) is 11.1 Å². The van der Waals surface area contributed by atoms with Crippen molar-refractivity contribution >= 4 is 11.6 Å². The van der Waals surface area contributed by atoms with E-state index >= 15 is 0 Å². The van der Waals surface area contributed by atoms with E-state index in [1.54, 1.807) is 0 Å². The number of alkyl halides is 5. The van der Waals surface area contributed by atoms with Gasteiger partial charge in [-0.05, 0) is 0 Å². The van der Waals surface area contributed by atoms with Crippen LogP contribution in [-0.4, -0.2) is 12.6 Å². The monoisotopic (exact) mass is 180 g/mol. The fourth-order valence-corrected chi connectivity index (χ4v) is 0.343. The first kappa shape index (κ1) is 9.68. The predicted octanol–water partition coefficient (Wildman–Crippen LogP) is 2.94. The van der Waals surface area contributed by atoms with Crippen LogP contribution in [0.25, 0.3) is 0 Å². The highest BCUT2D eigenvalue weighted by atomic mass is 35.5. The van der Waals surface area contributed by atoms with Gasteiger partial charge in [0.2, 0.25) is 0 Å². The van der Waals surface area contributed by atoms with Crippen molar-refractivity contribution in [3.63, 3.8) is 0 Å². The number of rotatable bonds is 1. The van der Waals surface area contributed by atoms with Gasteiger partial charge in [-0.3, -0.25) is 0 Å². The maximum Gasteiger partial charge on any atom is 0.411 e. The highest BCUT2D eigenvalue weighted by Gasteiger charge is 2.26. The molecular formula is C4H2ClF5. The van der Waals surface area contributed by atoms with Crippen LogP contribution in [0.1, 0.15) is 0 Å². The molecule has 0 atom stereocenters. The molecule has 0 aliphatic rings. The Morgan fingerprint density at radius 2 is 1.70 bits per heavy atom. The van der Waals surface area contributed by atoms with Crippen LogP contribution in [0.3, 0.4) is 0 Å². The SMILES string of the molecule is FC(F)C(Cl)=CC(F)(F)F. The van der Waals surface area contributed by atoms with Crippen LogP contribution < -0.4 is 0 Å². The second kappa shape index (κ2) is 3.18. The van der Waals surface area contributed by atoms with Crippen LogP contribution in [0.4, 0.5) is 22.0 Å². The van der Waals surface area contributed by atoms with Crippen LogP contribution >= 0.6 is 11.6 Å². The summed E-state index contributed by atoms with van der Waals surface area (Å²) < 4.78 is 56.0. The number of hydrogen-bond acceptors (Lipinski definition) is 0. The Morgan fingerprint density at radius 3 is 1.80 bits per heavy atom. The number of halogens is 6. The van der Waals surface area contributed by atoms with Gasteiger partial charge in [0.05, 0.1) is 5.03 Å². The van der Waals surface area contributed by atoms with Gasteiger partial charge in [-0.15, -0.1) is 0 Å². The van der Waals surface area contributed by atoms with E-state index in [4.69, 9.17) is 0 Å². The molecule has 0 bridgehead atoms. The largest absolute Gasteiger partial charge is 0.411 e. The summed E-state index contributed by atoms with van der Waals surface area (Å²) in [5, 5.41) is -1.49. The molecular weight excluding hydrogens is 178 g/mol. The van der Waals surface area contributed by atoms with E-state index in [1.165, 1.54) is 0 Å². The van der Waals surface area contributed by atoms with Crippen molar-refractivity contribution in [2.75, 3.05) is 0 Å². The fourth-order valence-electron chi connectivity index (χ4n) is 0.219. The van der Waals surface area contributed by atoms with E-state index in [-0.39, 0.29) is 0 Å². The molecule has 0 saturated heterocycles. The summed E-state index contributed by atoms with van der Waals surface area (Å²) in [6.45, 7) is 0. The van der Waals surface area contributed by atoms with Crippen LogP contribution in [-0.2, 0) is 0 Å². The number of hydrogen-bond donors (Lipinski definition) is 0. The lowest BCUT2D eigenvalue weighted by atomic mass is 10.5. The van der Waals surface area contributed by atoms with Crippen LogP contribution in [0, 0.1) is 0 Å². The molecule has 0 nitrogen and oxygen atoms in total. The molecule has 0 aromatic heterocycles. The van der Waals surface area contributed by atoms with E-state index in [1.807, 2.05) is 0 Å². The third-order valence-electron chi connectivity index (χ3n) is 0.510. The summed E-state index contributed by atoms with van der Waals surface area (Å²) in [6, 6.07) is 0. The normalized spacial score (nSPS) is 14.5. The lowest BCUT2D eigenvalue weighted by Gasteiger charge is -1.99. The molecule has 0 unspecified atom stereocenters. The zero-order valence-electron chi connectivity index (χ0n) is 4.42. The maximum atomic E-state index is 11.3. The third-order valence-corrected chi connectivity index (χ3v) is 0.784. The first-order chi connectivity index (χ1) is 4.33. The first-order valence-electron chi connectivity index (χ1n) is 2.06. The standard InChI is InChI=1S/C4H2ClF5/c5-2(3(6)7)1-4(8,9)10/h1,3H. The van der Waals surface area contributed by atoms with Crippen molar-refractivity contribution in [3.05, 3.63) is 11.1 Å². The molecule has 0 aromatic carbocycles. The van der Waals surface area contributed by atoms with Gasteiger partial charge in [-0.25, -0.2) is 8.78 Å². The summed E-state index contributed by atoms with van der Waals surface area (Å²) in [6.07, 6.45) is -8.67. The molecule has 0 amide bonds. The zero-order valence-corrected chi connectivity index (χ0v) is 5.18. The predicted molar refractivity (Wildman–Crippen MR) is 26.0 cm³/mol. The Morgan fingerprint density at radius 1 is 1.30 bits per heavy atom. The van der Waals surface area contributed by atoms with Crippen molar-refractivity contribution in [2.45, 2.75) is 12.6 Å². The lowest BCUT2D eigenvalue weighted by Crippen LogP contribution is -2.04. The molecule has 0 spiro atoms. The van der Waals surface area contributed by atoms with Gasteiger partial charge in [0.15, 0.2) is 0 Å². The van der Waals surface area contributed by atoms with Crippen molar-refractivity contribution in [1.29, 1.82) is 0 Å². The van der Waals surface area contributed by atoms with Gasteiger partial charge >= 0.3 is 6.18 Å². The van der Waals surface area contributed by atoms with Gasteiger partial charge in [-0.1, -0.05) is 11.6 Å². The summed E-state index contributed by atoms with van der Waals surface area (Å²) in [4.78, 5) is 0. The molecule has 0 aromatic rings. The van der Waals surface area contributed by atoms with Crippen LogP contribution in [0.5, 0.6) is 0 Å². The molecule has 60 valence electrons. The summed E-state index contributed by atoms with van der Waals surface area (Å²) >= 11 is 4.49. The fraction of sp³-hybridized carbons (Fsp3) is 0.500. The molecule has 0 saturated carbocycles. The van der Waals surface area contributed by atoms with E-state index in [0.29, 0.717) is 0 Å². The summed E-state index contributed by atoms with van der Waals surface area (Å²) in [7, 11) is 0. The minimum atomic E-state index is -4.77. The van der Waals surface area contributed by atoms with Crippen molar-refractivity contribution in [3.8, 4) is 0 Å². The van der Waals surface area contributed by atoms with E-state index in [0.717, 1.165) is 0 Å². The Bertz CT molecular complexity index is 135. The van der Waals surface area contributed by atoms with Crippen LogP contribution in [0.2, 0.25) is 0 Å². The van der Waals surface area contributed by atoms with Gasteiger partial charge < -0.3 is 0 Å². The van der Waals surface area contributed by atoms with Crippen molar-refractivity contribution in [1.82, 2.24) is 0 Å². The molecule has 0 rings (SSSR count). The summed E-state index contributed by atoms with van der Waals surface area (Å²) in [5.41, 5.74) is 0. The topological polar surface area (TPSA) is 0 Å². The maximum absolute atomic E-state index is 11.3. The smallest absolute Gasteiger partial charge is 0.204 e.